The van der Waals surface area contributed by atoms with Crippen LogP contribution in [0.1, 0.15) is 35.7 Å². The molecule has 1 aliphatic rings. The first-order valence-corrected chi connectivity index (χ1v) is 8.81. The average molecular weight is 317 g/mol. The Kier molecular flexibility index (Phi) is 3.87. The van der Waals surface area contributed by atoms with Crippen LogP contribution < -0.4 is 5.32 Å². The van der Waals surface area contributed by atoms with Crippen LogP contribution in [0, 0.1) is 13.8 Å². The summed E-state index contributed by atoms with van der Waals surface area (Å²) in [7, 11) is -0.916. The topological polar surface area (TPSA) is 64.0 Å². The van der Waals surface area contributed by atoms with Crippen molar-refractivity contribution in [2.24, 2.45) is 0 Å². The molecule has 1 atom stereocenters. The molecule has 0 radical (unpaired) electrons. The summed E-state index contributed by atoms with van der Waals surface area (Å²) in [6.07, 6.45) is 0.399. The van der Waals surface area contributed by atoms with E-state index in [1.165, 1.54) is 5.56 Å². The highest BCUT2D eigenvalue weighted by Crippen LogP contribution is 2.32. The third kappa shape index (κ3) is 2.59. The molecule has 1 amide bonds. The van der Waals surface area contributed by atoms with Gasteiger partial charge in [0.25, 0.3) is 0 Å². The van der Waals surface area contributed by atoms with E-state index < -0.39 is 10.8 Å². The maximum absolute atomic E-state index is 11.9. The first-order chi connectivity index (χ1) is 10.5. The molecule has 0 aliphatic carbocycles. The molecule has 2 heterocycles. The predicted molar refractivity (Wildman–Crippen MR) is 87.5 cm³/mol. The fourth-order valence-electron chi connectivity index (χ4n) is 2.69. The van der Waals surface area contributed by atoms with E-state index in [-0.39, 0.29) is 5.91 Å². The van der Waals surface area contributed by atoms with Gasteiger partial charge in [0.2, 0.25) is 5.91 Å². The summed E-state index contributed by atoms with van der Waals surface area (Å²) in [4.78, 5) is 11.9. The van der Waals surface area contributed by atoms with Crippen LogP contribution in [-0.4, -0.2) is 19.9 Å². The number of carbonyl (C=O) groups excluding carboxylic acids is 1. The molecular formula is C16H19N3O2S. The molecular weight excluding hydrogens is 298 g/mol. The van der Waals surface area contributed by atoms with Crippen molar-refractivity contribution in [3.63, 3.8) is 0 Å². The lowest BCUT2D eigenvalue weighted by atomic mass is 10.1. The summed E-state index contributed by atoms with van der Waals surface area (Å²) in [5.41, 5.74) is 4.94. The van der Waals surface area contributed by atoms with E-state index in [1.807, 2.05) is 32.9 Å². The Balaban J connectivity index is 2.13. The standard InChI is InChI=1S/C16H19N3O2S/c1-4-15(20)17-16-12-8-22(21)9-13(12)18-19(16)14-6-5-10(2)7-11(14)3/h5-7H,4,8-9H2,1-3H3,(H,17,20)/t22-/m1/s1. The molecule has 0 spiro atoms. The number of carbonyl (C=O) groups is 1. The summed E-state index contributed by atoms with van der Waals surface area (Å²) in [5.74, 6) is 1.52. The van der Waals surface area contributed by atoms with E-state index in [9.17, 15) is 9.00 Å². The lowest BCUT2D eigenvalue weighted by Crippen LogP contribution is -2.15. The van der Waals surface area contributed by atoms with Crippen molar-refractivity contribution >= 4 is 22.5 Å². The highest BCUT2D eigenvalue weighted by atomic mass is 32.2. The number of benzene rings is 1. The van der Waals surface area contributed by atoms with Crippen molar-refractivity contribution in [3.8, 4) is 5.69 Å². The number of nitrogens with one attached hydrogen (secondary N) is 1. The normalized spacial score (nSPS) is 16.6. The summed E-state index contributed by atoms with van der Waals surface area (Å²) >= 11 is 0. The second-order valence-corrected chi connectivity index (χ2v) is 7.06. The largest absolute Gasteiger partial charge is 0.310 e. The smallest absolute Gasteiger partial charge is 0.225 e. The third-order valence-corrected chi connectivity index (χ3v) is 5.04. The minimum atomic E-state index is -0.916. The zero-order valence-electron chi connectivity index (χ0n) is 13.0. The number of fused-ring (bicyclic) bond motifs is 1. The van der Waals surface area contributed by atoms with Crippen LogP contribution in [0.2, 0.25) is 0 Å². The Morgan fingerprint density at radius 1 is 1.36 bits per heavy atom. The van der Waals surface area contributed by atoms with Gasteiger partial charge in [-0.3, -0.25) is 9.00 Å². The Morgan fingerprint density at radius 3 is 2.82 bits per heavy atom. The number of aromatic nitrogens is 2. The number of rotatable bonds is 3. The van der Waals surface area contributed by atoms with Gasteiger partial charge in [0.1, 0.15) is 5.82 Å². The van der Waals surface area contributed by atoms with Gasteiger partial charge in [-0.1, -0.05) is 24.6 Å². The number of anilines is 1. The van der Waals surface area contributed by atoms with E-state index >= 15 is 0 Å². The molecule has 0 unspecified atom stereocenters. The molecule has 6 heteroatoms. The van der Waals surface area contributed by atoms with Crippen molar-refractivity contribution in [2.45, 2.75) is 38.7 Å². The van der Waals surface area contributed by atoms with Crippen LogP contribution in [0.15, 0.2) is 18.2 Å². The molecule has 1 aromatic carbocycles. The molecule has 116 valence electrons. The second-order valence-electron chi connectivity index (χ2n) is 5.61. The number of aryl methyl sites for hydroxylation is 2. The number of hydrogen-bond acceptors (Lipinski definition) is 3. The molecule has 1 aromatic heterocycles. The molecule has 1 aliphatic heterocycles. The molecule has 22 heavy (non-hydrogen) atoms. The van der Waals surface area contributed by atoms with Gasteiger partial charge in [-0.2, -0.15) is 5.10 Å². The van der Waals surface area contributed by atoms with Crippen molar-refractivity contribution in [2.75, 3.05) is 5.32 Å². The number of hydrogen-bond donors (Lipinski definition) is 1. The maximum atomic E-state index is 11.9. The quantitative estimate of drug-likeness (QED) is 0.946. The van der Waals surface area contributed by atoms with E-state index in [0.717, 1.165) is 22.5 Å². The Labute approximate surface area is 132 Å². The van der Waals surface area contributed by atoms with Crippen LogP contribution in [0.3, 0.4) is 0 Å². The van der Waals surface area contributed by atoms with Crippen LogP contribution in [-0.2, 0) is 27.1 Å². The van der Waals surface area contributed by atoms with Gasteiger partial charge >= 0.3 is 0 Å². The molecule has 0 fully saturated rings. The molecule has 2 aromatic rings. The SMILES string of the molecule is CCC(=O)Nc1c2c(nn1-c1ccc(C)cc1C)C[S@](=O)C2. The summed E-state index contributed by atoms with van der Waals surface area (Å²) in [6, 6.07) is 6.12. The third-order valence-electron chi connectivity index (χ3n) is 3.83. The average Bonchev–Trinajstić information content (AvgIpc) is 2.96. The fraction of sp³-hybridized carbons (Fsp3) is 0.375. The predicted octanol–water partition coefficient (Wildman–Crippen LogP) is 2.60. The molecule has 0 bridgehead atoms. The van der Waals surface area contributed by atoms with Gasteiger partial charge in [0.15, 0.2) is 0 Å². The molecule has 0 saturated heterocycles. The van der Waals surface area contributed by atoms with Crippen molar-refractivity contribution in [1.29, 1.82) is 0 Å². The Hall–Kier alpha value is -1.95. The van der Waals surface area contributed by atoms with Crippen molar-refractivity contribution in [1.82, 2.24) is 9.78 Å². The molecule has 1 N–H and O–H groups in total. The monoisotopic (exact) mass is 317 g/mol. The molecule has 3 rings (SSSR count). The first kappa shape index (κ1) is 15.0. The number of nitrogens with zero attached hydrogens (tertiary/aromatic N) is 2. The Bertz CT molecular complexity index is 780. The van der Waals surface area contributed by atoms with Gasteiger partial charge in [-0.25, -0.2) is 4.68 Å². The van der Waals surface area contributed by atoms with E-state index in [4.69, 9.17) is 0 Å². The van der Waals surface area contributed by atoms with Gasteiger partial charge in [0.05, 0.1) is 22.9 Å². The highest BCUT2D eigenvalue weighted by Gasteiger charge is 2.28. The highest BCUT2D eigenvalue weighted by molar-refractivity contribution is 7.83. The first-order valence-electron chi connectivity index (χ1n) is 7.32. The minimum absolute atomic E-state index is 0.0635. The summed E-state index contributed by atoms with van der Waals surface area (Å²) in [5, 5.41) is 7.53. The van der Waals surface area contributed by atoms with E-state index in [2.05, 4.69) is 16.5 Å². The zero-order valence-corrected chi connectivity index (χ0v) is 13.8. The summed E-state index contributed by atoms with van der Waals surface area (Å²) < 4.78 is 13.6. The van der Waals surface area contributed by atoms with Crippen LogP contribution in [0.4, 0.5) is 5.82 Å². The van der Waals surface area contributed by atoms with Gasteiger partial charge < -0.3 is 5.32 Å². The lowest BCUT2D eigenvalue weighted by Gasteiger charge is -2.13. The van der Waals surface area contributed by atoms with Crippen molar-refractivity contribution in [3.05, 3.63) is 40.6 Å². The van der Waals surface area contributed by atoms with Crippen LogP contribution in [0.5, 0.6) is 0 Å². The van der Waals surface area contributed by atoms with Gasteiger partial charge in [-0.05, 0) is 25.5 Å². The lowest BCUT2D eigenvalue weighted by molar-refractivity contribution is -0.115. The van der Waals surface area contributed by atoms with Gasteiger partial charge in [0, 0.05) is 22.8 Å². The zero-order chi connectivity index (χ0) is 15.9. The van der Waals surface area contributed by atoms with Crippen molar-refractivity contribution < 1.29 is 9.00 Å². The van der Waals surface area contributed by atoms with Crippen LogP contribution in [0.25, 0.3) is 5.69 Å². The fourth-order valence-corrected chi connectivity index (χ4v) is 3.96. The second kappa shape index (κ2) is 5.68. The Morgan fingerprint density at radius 2 is 2.14 bits per heavy atom. The number of amides is 1. The molecule has 5 nitrogen and oxygen atoms in total. The van der Waals surface area contributed by atoms with E-state index in [0.29, 0.717) is 23.7 Å². The van der Waals surface area contributed by atoms with Crippen LogP contribution >= 0.6 is 0 Å². The van der Waals surface area contributed by atoms with E-state index in [1.54, 1.807) is 4.68 Å². The maximum Gasteiger partial charge on any atom is 0.225 e. The minimum Gasteiger partial charge on any atom is -0.310 e. The van der Waals surface area contributed by atoms with Gasteiger partial charge in [-0.15, -0.1) is 0 Å². The molecule has 0 saturated carbocycles. The summed E-state index contributed by atoms with van der Waals surface area (Å²) in [6.45, 7) is 5.88.